The van der Waals surface area contributed by atoms with Crippen molar-refractivity contribution >= 4 is 5.97 Å². The van der Waals surface area contributed by atoms with Gasteiger partial charge in [0.1, 0.15) is 5.82 Å². The molecule has 0 radical (unpaired) electrons. The van der Waals surface area contributed by atoms with E-state index in [9.17, 15) is 4.79 Å². The highest BCUT2D eigenvalue weighted by molar-refractivity contribution is 5.69. The van der Waals surface area contributed by atoms with Crippen molar-refractivity contribution in [2.45, 2.75) is 19.8 Å². The first kappa shape index (κ1) is 12.4. The maximum absolute atomic E-state index is 11.1. The fourth-order valence-corrected chi connectivity index (χ4v) is 1.84. The second-order valence-electron chi connectivity index (χ2n) is 4.10. The predicted molar refractivity (Wildman–Crippen MR) is 69.1 cm³/mol. The molecule has 1 heterocycles. The number of aromatic amines is 1. The van der Waals surface area contributed by atoms with Gasteiger partial charge in [-0.15, -0.1) is 0 Å². The zero-order valence-corrected chi connectivity index (χ0v) is 10.6. The number of H-pyrrole nitrogens is 1. The molecular formula is C14H16N2O2. The van der Waals surface area contributed by atoms with Crippen LogP contribution >= 0.6 is 0 Å². The molecule has 2 aromatic rings. The van der Waals surface area contributed by atoms with Gasteiger partial charge in [-0.2, -0.15) is 0 Å². The zero-order chi connectivity index (χ0) is 13.0. The molecule has 4 nitrogen and oxygen atoms in total. The summed E-state index contributed by atoms with van der Waals surface area (Å²) in [5.41, 5.74) is 3.03. The lowest BCUT2D eigenvalue weighted by Crippen LogP contribution is -2.02. The van der Waals surface area contributed by atoms with Gasteiger partial charge in [0.15, 0.2) is 0 Å². The molecule has 0 spiro atoms. The van der Waals surface area contributed by atoms with Crippen LogP contribution in [0.25, 0.3) is 11.3 Å². The minimum Gasteiger partial charge on any atom is -0.469 e. The summed E-state index contributed by atoms with van der Waals surface area (Å²) in [6.45, 7) is 1.98. The molecule has 2 rings (SSSR count). The zero-order valence-electron chi connectivity index (χ0n) is 10.6. The summed E-state index contributed by atoms with van der Waals surface area (Å²) in [4.78, 5) is 18.8. The number of aromatic nitrogens is 2. The number of aryl methyl sites for hydroxylation is 2. The molecule has 0 saturated heterocycles. The molecule has 1 N–H and O–H groups in total. The summed E-state index contributed by atoms with van der Waals surface area (Å²) in [6.07, 6.45) is 0.915. The molecule has 0 unspecified atom stereocenters. The van der Waals surface area contributed by atoms with Gasteiger partial charge in [-0.3, -0.25) is 4.79 Å². The molecule has 1 aromatic carbocycles. The third kappa shape index (κ3) is 2.77. The van der Waals surface area contributed by atoms with Crippen molar-refractivity contribution in [1.82, 2.24) is 9.97 Å². The average molecular weight is 244 g/mol. The summed E-state index contributed by atoms with van der Waals surface area (Å²) in [7, 11) is 1.39. The molecule has 18 heavy (non-hydrogen) atoms. The van der Waals surface area contributed by atoms with E-state index in [1.807, 2.05) is 37.3 Å². The first-order valence-corrected chi connectivity index (χ1v) is 5.88. The normalized spacial score (nSPS) is 10.3. The second kappa shape index (κ2) is 5.49. The van der Waals surface area contributed by atoms with Crippen molar-refractivity contribution in [3.63, 3.8) is 0 Å². The number of benzene rings is 1. The minimum atomic E-state index is -0.217. The number of nitrogens with zero attached hydrogens (tertiary/aromatic N) is 1. The van der Waals surface area contributed by atoms with Crippen molar-refractivity contribution < 1.29 is 9.53 Å². The van der Waals surface area contributed by atoms with E-state index < -0.39 is 0 Å². The SMILES string of the molecule is COC(=O)CCc1nc(-c2ccccc2)c(C)[nH]1. The smallest absolute Gasteiger partial charge is 0.305 e. The van der Waals surface area contributed by atoms with Crippen LogP contribution in [0.3, 0.4) is 0 Å². The van der Waals surface area contributed by atoms with Gasteiger partial charge in [0, 0.05) is 17.7 Å². The second-order valence-corrected chi connectivity index (χ2v) is 4.10. The lowest BCUT2D eigenvalue weighted by atomic mass is 10.1. The van der Waals surface area contributed by atoms with Crippen molar-refractivity contribution in [1.29, 1.82) is 0 Å². The molecule has 94 valence electrons. The Hall–Kier alpha value is -2.10. The van der Waals surface area contributed by atoms with Crippen molar-refractivity contribution in [2.24, 2.45) is 0 Å². The Morgan fingerprint density at radius 3 is 2.72 bits per heavy atom. The van der Waals surface area contributed by atoms with Crippen LogP contribution in [0.1, 0.15) is 17.9 Å². The van der Waals surface area contributed by atoms with Gasteiger partial charge in [-0.25, -0.2) is 4.98 Å². The maximum Gasteiger partial charge on any atom is 0.305 e. The Labute approximate surface area is 106 Å². The van der Waals surface area contributed by atoms with Gasteiger partial charge in [0.05, 0.1) is 19.2 Å². The van der Waals surface area contributed by atoms with Crippen molar-refractivity contribution in [3.05, 3.63) is 41.9 Å². The van der Waals surface area contributed by atoms with Crippen LogP contribution in [0.5, 0.6) is 0 Å². The van der Waals surface area contributed by atoms with Gasteiger partial charge in [0.25, 0.3) is 0 Å². The molecule has 1 aromatic heterocycles. The molecule has 0 aliphatic rings. The predicted octanol–water partition coefficient (Wildman–Crippen LogP) is 2.49. The van der Waals surface area contributed by atoms with E-state index in [1.165, 1.54) is 7.11 Å². The lowest BCUT2D eigenvalue weighted by molar-refractivity contribution is -0.140. The van der Waals surface area contributed by atoms with Crippen LogP contribution in [-0.2, 0) is 16.0 Å². The van der Waals surface area contributed by atoms with E-state index in [-0.39, 0.29) is 5.97 Å². The molecule has 0 saturated carbocycles. The van der Waals surface area contributed by atoms with Crippen LogP contribution in [0, 0.1) is 6.92 Å². The molecule has 0 bridgehead atoms. The number of carbonyl (C=O) groups excluding carboxylic acids is 1. The Bertz CT molecular complexity index is 532. The minimum absolute atomic E-state index is 0.217. The molecule has 4 heteroatoms. The van der Waals surface area contributed by atoms with Crippen LogP contribution in [0.2, 0.25) is 0 Å². The van der Waals surface area contributed by atoms with Crippen molar-refractivity contribution in [2.75, 3.05) is 7.11 Å². The number of carbonyl (C=O) groups is 1. The topological polar surface area (TPSA) is 55.0 Å². The van der Waals surface area contributed by atoms with Gasteiger partial charge < -0.3 is 9.72 Å². The molecule has 0 amide bonds. The van der Waals surface area contributed by atoms with Gasteiger partial charge in [-0.05, 0) is 6.92 Å². The molecular weight excluding hydrogens is 228 g/mol. The van der Waals surface area contributed by atoms with Gasteiger partial charge in [0.2, 0.25) is 0 Å². The first-order valence-electron chi connectivity index (χ1n) is 5.88. The van der Waals surface area contributed by atoms with Crippen LogP contribution in [-0.4, -0.2) is 23.0 Å². The quantitative estimate of drug-likeness (QED) is 0.841. The number of hydrogen-bond donors (Lipinski definition) is 1. The molecule has 0 aliphatic carbocycles. The van der Waals surface area contributed by atoms with E-state index >= 15 is 0 Å². The van der Waals surface area contributed by atoms with Gasteiger partial charge in [-0.1, -0.05) is 30.3 Å². The molecule has 0 atom stereocenters. The number of esters is 1. The summed E-state index contributed by atoms with van der Waals surface area (Å²) < 4.78 is 4.61. The monoisotopic (exact) mass is 244 g/mol. The summed E-state index contributed by atoms with van der Waals surface area (Å²) >= 11 is 0. The fourth-order valence-electron chi connectivity index (χ4n) is 1.84. The summed E-state index contributed by atoms with van der Waals surface area (Å²) in [6, 6.07) is 9.99. The Morgan fingerprint density at radius 1 is 1.33 bits per heavy atom. The maximum atomic E-state index is 11.1. The van der Waals surface area contributed by atoms with Crippen molar-refractivity contribution in [3.8, 4) is 11.3 Å². The summed E-state index contributed by atoms with van der Waals surface area (Å²) in [5, 5.41) is 0. The Balaban J connectivity index is 2.15. The van der Waals surface area contributed by atoms with E-state index in [0.29, 0.717) is 12.8 Å². The number of rotatable bonds is 4. The number of ether oxygens (including phenoxy) is 1. The van der Waals surface area contributed by atoms with Crippen LogP contribution < -0.4 is 0 Å². The van der Waals surface area contributed by atoms with E-state index in [2.05, 4.69) is 14.7 Å². The Morgan fingerprint density at radius 2 is 2.06 bits per heavy atom. The number of imidazole rings is 1. The molecule has 0 fully saturated rings. The third-order valence-corrected chi connectivity index (χ3v) is 2.77. The highest BCUT2D eigenvalue weighted by Gasteiger charge is 2.10. The summed E-state index contributed by atoms with van der Waals surface area (Å²) in [5.74, 6) is 0.599. The third-order valence-electron chi connectivity index (χ3n) is 2.77. The number of hydrogen-bond acceptors (Lipinski definition) is 3. The first-order chi connectivity index (χ1) is 8.70. The van der Waals surface area contributed by atoms with Crippen LogP contribution in [0.15, 0.2) is 30.3 Å². The average Bonchev–Trinajstić information content (AvgIpc) is 2.78. The van der Waals surface area contributed by atoms with E-state index in [0.717, 1.165) is 22.8 Å². The largest absolute Gasteiger partial charge is 0.469 e. The standard InChI is InChI=1S/C14H16N2O2/c1-10-14(11-6-4-3-5-7-11)16-12(15-10)8-9-13(17)18-2/h3-7H,8-9H2,1-2H3,(H,15,16). The van der Waals surface area contributed by atoms with E-state index in [1.54, 1.807) is 0 Å². The van der Waals surface area contributed by atoms with Gasteiger partial charge >= 0.3 is 5.97 Å². The fraction of sp³-hybridized carbons (Fsp3) is 0.286. The highest BCUT2D eigenvalue weighted by atomic mass is 16.5. The number of methoxy groups -OCH3 is 1. The Kier molecular flexibility index (Phi) is 3.77. The molecule has 0 aliphatic heterocycles. The highest BCUT2D eigenvalue weighted by Crippen LogP contribution is 2.20. The van der Waals surface area contributed by atoms with Crippen LogP contribution in [0.4, 0.5) is 0 Å². The number of nitrogens with one attached hydrogen (secondary N) is 1. The van der Waals surface area contributed by atoms with E-state index in [4.69, 9.17) is 0 Å². The lowest BCUT2D eigenvalue weighted by Gasteiger charge is -1.97.